The van der Waals surface area contributed by atoms with Crippen LogP contribution in [0, 0.1) is 10.1 Å². The van der Waals surface area contributed by atoms with Crippen molar-refractivity contribution in [2.75, 3.05) is 5.32 Å². The Morgan fingerprint density at radius 2 is 1.74 bits per heavy atom. The van der Waals surface area contributed by atoms with Crippen LogP contribution in [0.2, 0.25) is 10.0 Å². The molecule has 0 saturated heterocycles. The van der Waals surface area contributed by atoms with Gasteiger partial charge in [-0.2, -0.15) is 0 Å². The molecule has 0 fully saturated rings. The van der Waals surface area contributed by atoms with Crippen molar-refractivity contribution in [3.8, 4) is 5.75 Å². The molecule has 0 heterocycles. The number of hydrogen-bond donors (Lipinski definition) is 1. The summed E-state index contributed by atoms with van der Waals surface area (Å²) < 4.78 is 5.44. The van der Waals surface area contributed by atoms with Gasteiger partial charge in [0.15, 0.2) is 6.10 Å². The summed E-state index contributed by atoms with van der Waals surface area (Å²) in [4.78, 5) is 22.2. The molecular weight excluding hydrogens is 343 g/mol. The maximum atomic E-state index is 12.1. The van der Waals surface area contributed by atoms with Crippen molar-refractivity contribution in [1.29, 1.82) is 0 Å². The lowest BCUT2D eigenvalue weighted by atomic mass is 10.3. The Hall–Kier alpha value is -2.31. The first-order valence-electron chi connectivity index (χ1n) is 6.53. The van der Waals surface area contributed by atoms with Crippen LogP contribution in [-0.2, 0) is 4.79 Å². The van der Waals surface area contributed by atoms with Crippen molar-refractivity contribution in [2.45, 2.75) is 13.0 Å². The number of anilines is 1. The van der Waals surface area contributed by atoms with Gasteiger partial charge < -0.3 is 10.1 Å². The molecule has 0 aliphatic rings. The Bertz CT molecular complexity index is 715. The van der Waals surface area contributed by atoms with Gasteiger partial charge in [-0.25, -0.2) is 0 Å². The van der Waals surface area contributed by atoms with Gasteiger partial charge in [0.1, 0.15) is 5.75 Å². The molecule has 120 valence electrons. The number of benzene rings is 2. The number of carbonyl (C=O) groups excluding carboxylic acids is 1. The number of amides is 1. The molecular formula is C15H12Cl2N2O4. The van der Waals surface area contributed by atoms with Crippen LogP contribution in [0.4, 0.5) is 11.4 Å². The Balaban J connectivity index is 2.00. The minimum Gasteiger partial charge on any atom is -0.481 e. The molecule has 2 rings (SSSR count). The molecule has 1 N–H and O–H groups in total. The molecule has 0 aromatic heterocycles. The van der Waals surface area contributed by atoms with Crippen LogP contribution in [0.15, 0.2) is 42.5 Å². The number of nitro groups is 1. The van der Waals surface area contributed by atoms with Gasteiger partial charge in [-0.15, -0.1) is 0 Å². The van der Waals surface area contributed by atoms with Crippen LogP contribution >= 0.6 is 23.2 Å². The van der Waals surface area contributed by atoms with E-state index in [1.165, 1.54) is 24.3 Å². The van der Waals surface area contributed by atoms with E-state index in [0.29, 0.717) is 21.5 Å². The van der Waals surface area contributed by atoms with Crippen molar-refractivity contribution in [1.82, 2.24) is 0 Å². The average molecular weight is 355 g/mol. The standard InChI is InChI=1S/C15H12Cl2N2O4/c1-9(23-14-4-2-13(3-5-14)19(21)22)15(20)18-12-7-10(16)6-11(17)8-12/h2-9H,1H3,(H,18,20). The molecule has 1 atom stereocenters. The topological polar surface area (TPSA) is 81.5 Å². The largest absolute Gasteiger partial charge is 0.481 e. The van der Waals surface area contributed by atoms with Crippen molar-refractivity contribution in [2.24, 2.45) is 0 Å². The number of carbonyl (C=O) groups is 1. The van der Waals surface area contributed by atoms with Gasteiger partial charge in [-0.05, 0) is 37.3 Å². The third-order valence-electron chi connectivity index (χ3n) is 2.86. The lowest BCUT2D eigenvalue weighted by molar-refractivity contribution is -0.384. The summed E-state index contributed by atoms with van der Waals surface area (Å²) in [5.41, 5.74) is 0.398. The Morgan fingerprint density at radius 3 is 2.26 bits per heavy atom. The Kier molecular flexibility index (Phi) is 5.41. The van der Waals surface area contributed by atoms with E-state index in [1.54, 1.807) is 25.1 Å². The second-order valence-electron chi connectivity index (χ2n) is 4.66. The van der Waals surface area contributed by atoms with Gasteiger partial charge in [0.2, 0.25) is 0 Å². The van der Waals surface area contributed by atoms with Crippen molar-refractivity contribution < 1.29 is 14.5 Å². The smallest absolute Gasteiger partial charge is 0.269 e. The maximum absolute atomic E-state index is 12.1. The molecule has 0 saturated carbocycles. The van der Waals surface area contributed by atoms with E-state index in [9.17, 15) is 14.9 Å². The first-order chi connectivity index (χ1) is 10.8. The predicted octanol–water partition coefficient (Wildman–Crippen LogP) is 4.31. The second-order valence-corrected chi connectivity index (χ2v) is 5.53. The molecule has 0 aliphatic carbocycles. The van der Waals surface area contributed by atoms with E-state index in [1.807, 2.05) is 0 Å². The van der Waals surface area contributed by atoms with Gasteiger partial charge in [-0.3, -0.25) is 14.9 Å². The molecule has 2 aromatic rings. The van der Waals surface area contributed by atoms with Crippen LogP contribution in [-0.4, -0.2) is 16.9 Å². The summed E-state index contributed by atoms with van der Waals surface area (Å²) in [7, 11) is 0. The summed E-state index contributed by atoms with van der Waals surface area (Å²) in [6.45, 7) is 1.56. The zero-order valence-electron chi connectivity index (χ0n) is 12.0. The van der Waals surface area contributed by atoms with E-state index in [-0.39, 0.29) is 5.69 Å². The predicted molar refractivity (Wildman–Crippen MR) is 88.3 cm³/mol. The molecule has 1 unspecified atom stereocenters. The minimum absolute atomic E-state index is 0.0528. The highest BCUT2D eigenvalue weighted by Gasteiger charge is 2.16. The number of nitro benzene ring substituents is 1. The number of nitrogens with zero attached hydrogens (tertiary/aromatic N) is 1. The highest BCUT2D eigenvalue weighted by Crippen LogP contribution is 2.23. The van der Waals surface area contributed by atoms with Gasteiger partial charge >= 0.3 is 0 Å². The number of non-ortho nitro benzene ring substituents is 1. The zero-order chi connectivity index (χ0) is 17.0. The molecule has 8 heteroatoms. The average Bonchev–Trinajstić information content (AvgIpc) is 2.46. The van der Waals surface area contributed by atoms with Crippen LogP contribution in [0.5, 0.6) is 5.75 Å². The van der Waals surface area contributed by atoms with Gasteiger partial charge in [-0.1, -0.05) is 23.2 Å². The third kappa shape index (κ3) is 4.84. The van der Waals surface area contributed by atoms with Crippen molar-refractivity contribution in [3.63, 3.8) is 0 Å². The number of rotatable bonds is 5. The zero-order valence-corrected chi connectivity index (χ0v) is 13.5. The summed E-state index contributed by atoms with van der Waals surface area (Å²) >= 11 is 11.7. The van der Waals surface area contributed by atoms with E-state index in [2.05, 4.69) is 5.32 Å². The lowest BCUT2D eigenvalue weighted by Gasteiger charge is -2.15. The van der Waals surface area contributed by atoms with Crippen LogP contribution in [0.3, 0.4) is 0 Å². The fourth-order valence-electron chi connectivity index (χ4n) is 1.77. The summed E-state index contributed by atoms with van der Waals surface area (Å²) in [5, 5.41) is 14.0. The third-order valence-corrected chi connectivity index (χ3v) is 3.30. The fourth-order valence-corrected chi connectivity index (χ4v) is 2.30. The van der Waals surface area contributed by atoms with Crippen LogP contribution in [0.1, 0.15) is 6.92 Å². The van der Waals surface area contributed by atoms with Gasteiger partial charge in [0, 0.05) is 27.9 Å². The van der Waals surface area contributed by atoms with E-state index >= 15 is 0 Å². The number of halogens is 2. The lowest BCUT2D eigenvalue weighted by Crippen LogP contribution is -2.30. The molecule has 0 radical (unpaired) electrons. The second kappa shape index (κ2) is 7.30. The first kappa shape index (κ1) is 17.1. The van der Waals surface area contributed by atoms with E-state index in [4.69, 9.17) is 27.9 Å². The fraction of sp³-hybridized carbons (Fsp3) is 0.133. The highest BCUT2D eigenvalue weighted by atomic mass is 35.5. The van der Waals surface area contributed by atoms with Crippen LogP contribution in [0.25, 0.3) is 0 Å². The number of hydrogen-bond acceptors (Lipinski definition) is 4. The molecule has 2 aromatic carbocycles. The normalized spacial score (nSPS) is 11.6. The first-order valence-corrected chi connectivity index (χ1v) is 7.29. The Labute approximate surface area is 142 Å². The SMILES string of the molecule is CC(Oc1ccc([N+](=O)[O-])cc1)C(=O)Nc1cc(Cl)cc(Cl)c1. The van der Waals surface area contributed by atoms with Gasteiger partial charge in [0.05, 0.1) is 4.92 Å². The molecule has 0 aliphatic heterocycles. The maximum Gasteiger partial charge on any atom is 0.269 e. The summed E-state index contributed by atoms with van der Waals surface area (Å²) in [5.74, 6) is -0.0518. The molecule has 23 heavy (non-hydrogen) atoms. The molecule has 1 amide bonds. The number of nitrogens with one attached hydrogen (secondary N) is 1. The van der Waals surface area contributed by atoms with Crippen molar-refractivity contribution >= 4 is 40.5 Å². The summed E-state index contributed by atoms with van der Waals surface area (Å²) in [6, 6.07) is 10.1. The van der Waals surface area contributed by atoms with E-state index < -0.39 is 16.9 Å². The Morgan fingerprint density at radius 1 is 1.17 bits per heavy atom. The number of ether oxygens (including phenoxy) is 1. The monoisotopic (exact) mass is 354 g/mol. The summed E-state index contributed by atoms with van der Waals surface area (Å²) in [6.07, 6.45) is -0.811. The van der Waals surface area contributed by atoms with Gasteiger partial charge in [0.25, 0.3) is 11.6 Å². The molecule has 0 spiro atoms. The highest BCUT2D eigenvalue weighted by molar-refractivity contribution is 6.35. The molecule has 0 bridgehead atoms. The van der Waals surface area contributed by atoms with Crippen LogP contribution < -0.4 is 10.1 Å². The van der Waals surface area contributed by atoms with Crippen molar-refractivity contribution in [3.05, 3.63) is 62.6 Å². The molecule has 6 nitrogen and oxygen atoms in total. The quantitative estimate of drug-likeness (QED) is 0.640. The minimum atomic E-state index is -0.811. The van der Waals surface area contributed by atoms with E-state index in [0.717, 1.165) is 0 Å².